The third kappa shape index (κ3) is 7.17. The number of halogens is 5. The SMILES string of the molecule is C[C@H](NC(=O)c1cnc(-c2cccc(Cl)c2Cl)o1)C(=O)N[C@@H](CCC(F)(F)F)C(O)c1nccs1. The van der Waals surface area contributed by atoms with Crippen LogP contribution >= 0.6 is 34.5 Å². The number of oxazole rings is 1. The van der Waals surface area contributed by atoms with Gasteiger partial charge in [0.05, 0.1) is 27.8 Å². The van der Waals surface area contributed by atoms with Gasteiger partial charge in [-0.15, -0.1) is 11.3 Å². The number of hydrogen-bond acceptors (Lipinski definition) is 7. The average molecular weight is 551 g/mol. The lowest BCUT2D eigenvalue weighted by Crippen LogP contribution is -2.49. The summed E-state index contributed by atoms with van der Waals surface area (Å²) in [6, 6.07) is 2.32. The fourth-order valence-corrected chi connectivity index (χ4v) is 4.06. The Balaban J connectivity index is 1.66. The van der Waals surface area contributed by atoms with E-state index in [9.17, 15) is 27.9 Å². The minimum atomic E-state index is -4.48. The normalized spacial score (nSPS) is 14.3. The zero-order chi connectivity index (χ0) is 25.8. The summed E-state index contributed by atoms with van der Waals surface area (Å²) >= 11 is 13.1. The molecule has 0 aliphatic rings. The summed E-state index contributed by atoms with van der Waals surface area (Å²) < 4.78 is 43.7. The molecule has 0 aliphatic carbocycles. The van der Waals surface area contributed by atoms with Crippen molar-refractivity contribution in [1.29, 1.82) is 0 Å². The van der Waals surface area contributed by atoms with Gasteiger partial charge in [0.2, 0.25) is 17.6 Å². The van der Waals surface area contributed by atoms with Crippen molar-refractivity contribution >= 4 is 46.4 Å². The molecule has 3 aromatic rings. The Hall–Kier alpha value is -2.67. The molecule has 0 saturated carbocycles. The summed E-state index contributed by atoms with van der Waals surface area (Å²) in [6.45, 7) is 1.33. The second-order valence-corrected chi connectivity index (χ2v) is 9.12. The van der Waals surface area contributed by atoms with Gasteiger partial charge < -0.3 is 20.2 Å². The lowest BCUT2D eigenvalue weighted by Gasteiger charge is -2.25. The van der Waals surface area contributed by atoms with Crippen molar-refractivity contribution in [2.75, 3.05) is 0 Å². The molecule has 0 saturated heterocycles. The maximum Gasteiger partial charge on any atom is 0.389 e. The standard InChI is InChI=1S/C21H19Cl2F3N4O4S/c1-10(17(32)30-13(5-6-21(24,25)26)16(31)20-27-7-8-35-20)29-18(33)14-9-28-19(34-14)11-3-2-4-12(22)15(11)23/h2-4,7-10,13,16,31H,5-6H2,1H3,(H,29,33)(H,30,32)/t10-,13-,16?/m0/s1. The maximum absolute atomic E-state index is 12.8. The van der Waals surface area contributed by atoms with E-state index in [0.29, 0.717) is 5.56 Å². The number of amides is 2. The van der Waals surface area contributed by atoms with Crippen molar-refractivity contribution < 1.29 is 32.3 Å². The Morgan fingerprint density at radius 1 is 1.23 bits per heavy atom. The van der Waals surface area contributed by atoms with Crippen LogP contribution in [0.4, 0.5) is 13.2 Å². The molecule has 0 fully saturated rings. The van der Waals surface area contributed by atoms with Gasteiger partial charge in [-0.25, -0.2) is 9.97 Å². The van der Waals surface area contributed by atoms with Crippen molar-refractivity contribution in [3.63, 3.8) is 0 Å². The maximum atomic E-state index is 12.8. The number of thiazole rings is 1. The average Bonchev–Trinajstić information content (AvgIpc) is 3.49. The van der Waals surface area contributed by atoms with Gasteiger partial charge >= 0.3 is 6.18 Å². The number of carbonyl (C=O) groups excluding carboxylic acids is 2. The van der Waals surface area contributed by atoms with Crippen molar-refractivity contribution in [3.05, 3.63) is 56.8 Å². The van der Waals surface area contributed by atoms with Gasteiger partial charge in [0.1, 0.15) is 17.2 Å². The Morgan fingerprint density at radius 2 is 1.97 bits per heavy atom. The first-order chi connectivity index (χ1) is 16.5. The van der Waals surface area contributed by atoms with E-state index in [1.807, 2.05) is 0 Å². The predicted octanol–water partition coefficient (Wildman–Crippen LogP) is 4.78. The summed E-state index contributed by atoms with van der Waals surface area (Å²) in [5.74, 6) is -1.80. The molecule has 2 amide bonds. The van der Waals surface area contributed by atoms with Crippen LogP contribution in [0.2, 0.25) is 10.0 Å². The quantitative estimate of drug-likeness (QED) is 0.352. The molecule has 3 rings (SSSR count). The van der Waals surface area contributed by atoms with E-state index in [1.165, 1.54) is 13.1 Å². The number of aliphatic hydroxyl groups is 1. The highest BCUT2D eigenvalue weighted by atomic mass is 35.5. The number of aliphatic hydroxyl groups excluding tert-OH is 1. The zero-order valence-corrected chi connectivity index (χ0v) is 20.3. The van der Waals surface area contributed by atoms with Crippen LogP contribution < -0.4 is 10.6 Å². The topological polar surface area (TPSA) is 117 Å². The highest BCUT2D eigenvalue weighted by Crippen LogP contribution is 2.33. The molecule has 2 aromatic heterocycles. The van der Waals surface area contributed by atoms with Crippen LogP contribution in [0.5, 0.6) is 0 Å². The number of rotatable bonds is 9. The minimum Gasteiger partial charge on any atom is -0.431 e. The molecule has 2 heterocycles. The van der Waals surface area contributed by atoms with Gasteiger partial charge in [-0.3, -0.25) is 9.59 Å². The fraction of sp³-hybridized carbons (Fsp3) is 0.333. The highest BCUT2D eigenvalue weighted by Gasteiger charge is 2.33. The smallest absolute Gasteiger partial charge is 0.389 e. The van der Waals surface area contributed by atoms with Gasteiger partial charge in [-0.1, -0.05) is 29.3 Å². The lowest BCUT2D eigenvalue weighted by molar-refractivity contribution is -0.140. The van der Waals surface area contributed by atoms with E-state index in [0.717, 1.165) is 17.5 Å². The number of nitrogens with one attached hydrogen (secondary N) is 2. The van der Waals surface area contributed by atoms with Crippen LogP contribution in [0.3, 0.4) is 0 Å². The number of carbonyl (C=O) groups is 2. The Kier molecular flexibility index (Phi) is 8.75. The second-order valence-electron chi connectivity index (χ2n) is 7.41. The molecule has 0 bridgehead atoms. The Morgan fingerprint density at radius 3 is 2.63 bits per heavy atom. The number of alkyl halides is 3. The second kappa shape index (κ2) is 11.4. The third-order valence-electron chi connectivity index (χ3n) is 4.80. The number of aromatic nitrogens is 2. The molecule has 3 N–H and O–H groups in total. The number of hydrogen-bond donors (Lipinski definition) is 3. The van der Waals surface area contributed by atoms with E-state index >= 15 is 0 Å². The lowest BCUT2D eigenvalue weighted by atomic mass is 10.0. The van der Waals surface area contributed by atoms with Crippen molar-refractivity contribution in [2.24, 2.45) is 0 Å². The first kappa shape index (κ1) is 26.9. The fourth-order valence-electron chi connectivity index (χ4n) is 2.99. The Bertz CT molecular complexity index is 1170. The molecule has 0 aliphatic heterocycles. The van der Waals surface area contributed by atoms with E-state index in [1.54, 1.807) is 23.6 Å². The van der Waals surface area contributed by atoms with Crippen LogP contribution in [0.25, 0.3) is 11.5 Å². The van der Waals surface area contributed by atoms with Gasteiger partial charge in [0.15, 0.2) is 0 Å². The molecule has 1 aromatic carbocycles. The van der Waals surface area contributed by atoms with E-state index < -0.39 is 49.0 Å². The summed E-state index contributed by atoms with van der Waals surface area (Å²) in [6.07, 6.45) is -5.23. The Labute approximate surface area is 211 Å². The van der Waals surface area contributed by atoms with Gasteiger partial charge in [-0.2, -0.15) is 13.2 Å². The summed E-state index contributed by atoms with van der Waals surface area (Å²) in [5, 5.41) is 17.3. The monoisotopic (exact) mass is 550 g/mol. The molecule has 14 heteroatoms. The van der Waals surface area contributed by atoms with Crippen molar-refractivity contribution in [2.45, 2.75) is 44.1 Å². The zero-order valence-electron chi connectivity index (χ0n) is 18.0. The van der Waals surface area contributed by atoms with Crippen LogP contribution in [0, 0.1) is 0 Å². The highest BCUT2D eigenvalue weighted by molar-refractivity contribution is 7.09. The minimum absolute atomic E-state index is 0.0264. The predicted molar refractivity (Wildman–Crippen MR) is 123 cm³/mol. The van der Waals surface area contributed by atoms with Crippen molar-refractivity contribution in [3.8, 4) is 11.5 Å². The van der Waals surface area contributed by atoms with Gasteiger partial charge in [-0.05, 0) is 25.5 Å². The first-order valence-electron chi connectivity index (χ1n) is 10.1. The molecule has 3 atom stereocenters. The number of benzene rings is 1. The molecule has 35 heavy (non-hydrogen) atoms. The number of nitrogens with zero attached hydrogens (tertiary/aromatic N) is 2. The van der Waals surface area contributed by atoms with Gasteiger partial charge in [0.25, 0.3) is 5.91 Å². The summed E-state index contributed by atoms with van der Waals surface area (Å²) in [5.41, 5.74) is 0.354. The third-order valence-corrected chi connectivity index (χ3v) is 6.47. The molecule has 188 valence electrons. The molecular weight excluding hydrogens is 532 g/mol. The van der Waals surface area contributed by atoms with Crippen LogP contribution in [0.15, 0.2) is 40.4 Å². The van der Waals surface area contributed by atoms with Crippen LogP contribution in [0.1, 0.15) is 41.4 Å². The van der Waals surface area contributed by atoms with Crippen LogP contribution in [-0.4, -0.2) is 45.1 Å². The van der Waals surface area contributed by atoms with Crippen molar-refractivity contribution in [1.82, 2.24) is 20.6 Å². The van der Waals surface area contributed by atoms with E-state index in [2.05, 4.69) is 20.6 Å². The summed E-state index contributed by atoms with van der Waals surface area (Å²) in [7, 11) is 0. The van der Waals surface area contributed by atoms with Gasteiger partial charge in [0, 0.05) is 18.0 Å². The van der Waals surface area contributed by atoms with E-state index in [-0.39, 0.29) is 26.7 Å². The molecule has 1 unspecified atom stereocenters. The first-order valence-corrected chi connectivity index (χ1v) is 11.8. The summed E-state index contributed by atoms with van der Waals surface area (Å²) in [4.78, 5) is 33.0. The molecular formula is C21H19Cl2F3N4O4S. The molecule has 0 spiro atoms. The largest absolute Gasteiger partial charge is 0.431 e. The molecule has 8 nitrogen and oxygen atoms in total. The molecule has 0 radical (unpaired) electrons. The van der Waals surface area contributed by atoms with Crippen LogP contribution in [-0.2, 0) is 4.79 Å². The van der Waals surface area contributed by atoms with E-state index in [4.69, 9.17) is 27.6 Å².